The lowest BCUT2D eigenvalue weighted by atomic mass is 10.1. The van der Waals surface area contributed by atoms with Gasteiger partial charge in [0.05, 0.1) is 5.92 Å². The van der Waals surface area contributed by atoms with Crippen LogP contribution in [0.25, 0.3) is 0 Å². The molecule has 1 aliphatic carbocycles. The molecule has 1 saturated carbocycles. The molecular weight excluding hydrogens is 218 g/mol. The lowest BCUT2D eigenvalue weighted by Gasteiger charge is -1.94. The third-order valence-corrected chi connectivity index (χ3v) is 2.70. The highest BCUT2D eigenvalue weighted by atomic mass is 35.5. The Kier molecular flexibility index (Phi) is 2.77. The quantitative estimate of drug-likeness (QED) is 0.402. The van der Waals surface area contributed by atoms with Gasteiger partial charge in [0.1, 0.15) is 4.84 Å². The summed E-state index contributed by atoms with van der Waals surface area (Å²) in [4.78, 5) is 10.3. The van der Waals surface area contributed by atoms with E-state index >= 15 is 0 Å². The van der Waals surface area contributed by atoms with E-state index in [1.165, 1.54) is 0 Å². The van der Waals surface area contributed by atoms with Crippen molar-refractivity contribution >= 4 is 40.0 Å². The number of carbonyl (C=O) groups excluding carboxylic acids is 1. The molecule has 1 aliphatic rings. The number of allylic oxidation sites excluding steroid dienone is 2. The number of alkyl halides is 2. The van der Waals surface area contributed by atoms with Gasteiger partial charge in [0.2, 0.25) is 5.24 Å². The van der Waals surface area contributed by atoms with E-state index < -0.39 is 4.84 Å². The van der Waals surface area contributed by atoms with Gasteiger partial charge >= 0.3 is 0 Å². The second kappa shape index (κ2) is 3.21. The third kappa shape index (κ3) is 1.78. The summed E-state index contributed by atoms with van der Waals surface area (Å²) in [7, 11) is 0. The predicted molar refractivity (Wildman–Crippen MR) is 51.7 cm³/mol. The fraction of sp³-hybridized carbons (Fsp3) is 0.625. The molecule has 1 fully saturated rings. The maximum absolute atomic E-state index is 10.9. The zero-order valence-corrected chi connectivity index (χ0v) is 9.04. The van der Waals surface area contributed by atoms with Gasteiger partial charge in [-0.3, -0.25) is 4.79 Å². The molecule has 4 heteroatoms. The van der Waals surface area contributed by atoms with Crippen molar-refractivity contribution in [2.75, 3.05) is 0 Å². The van der Waals surface area contributed by atoms with Crippen molar-refractivity contribution in [2.45, 2.75) is 18.7 Å². The van der Waals surface area contributed by atoms with Crippen molar-refractivity contribution < 1.29 is 4.79 Å². The Morgan fingerprint density at radius 1 is 1.58 bits per heavy atom. The Hall–Kier alpha value is 0.280. The van der Waals surface area contributed by atoms with E-state index in [4.69, 9.17) is 34.8 Å². The molecule has 0 aromatic carbocycles. The first-order chi connectivity index (χ1) is 5.37. The van der Waals surface area contributed by atoms with Crippen molar-refractivity contribution in [1.82, 2.24) is 0 Å². The fourth-order valence-corrected chi connectivity index (χ4v) is 2.09. The first-order valence-electron chi connectivity index (χ1n) is 3.57. The molecule has 0 spiro atoms. The van der Waals surface area contributed by atoms with Crippen molar-refractivity contribution in [3.63, 3.8) is 0 Å². The molecule has 0 bridgehead atoms. The van der Waals surface area contributed by atoms with Gasteiger partial charge in [-0.1, -0.05) is 25.5 Å². The van der Waals surface area contributed by atoms with E-state index in [9.17, 15) is 4.79 Å². The minimum Gasteiger partial charge on any atom is -0.281 e. The molecule has 12 heavy (non-hydrogen) atoms. The van der Waals surface area contributed by atoms with Gasteiger partial charge in [-0.15, -0.1) is 23.2 Å². The first kappa shape index (κ1) is 10.4. The Balaban J connectivity index is 2.79. The molecule has 1 atom stereocenters. The van der Waals surface area contributed by atoms with Crippen LogP contribution in [0.2, 0.25) is 0 Å². The summed E-state index contributed by atoms with van der Waals surface area (Å²) in [6, 6.07) is 0. The number of carbonyl (C=O) groups is 1. The number of hydrogen-bond acceptors (Lipinski definition) is 1. The molecule has 0 radical (unpaired) electrons. The van der Waals surface area contributed by atoms with Crippen molar-refractivity contribution in [3.05, 3.63) is 11.6 Å². The number of hydrogen-bond donors (Lipinski definition) is 0. The van der Waals surface area contributed by atoms with Gasteiger partial charge < -0.3 is 0 Å². The lowest BCUT2D eigenvalue weighted by Crippen LogP contribution is -1.96. The molecule has 0 N–H and O–H groups in total. The molecule has 0 heterocycles. The SMILES string of the molecule is CC1(C)/C(=C\C(Cl)Cl)C1C(=O)Cl. The highest BCUT2D eigenvalue weighted by Gasteiger charge is 2.56. The Morgan fingerprint density at radius 3 is 2.33 bits per heavy atom. The Bertz CT molecular complexity index is 243. The summed E-state index contributed by atoms with van der Waals surface area (Å²) in [5.41, 5.74) is 0.790. The van der Waals surface area contributed by atoms with Crippen LogP contribution >= 0.6 is 34.8 Å². The monoisotopic (exact) mass is 226 g/mol. The van der Waals surface area contributed by atoms with Crippen molar-refractivity contribution in [3.8, 4) is 0 Å². The summed E-state index contributed by atoms with van der Waals surface area (Å²) in [5, 5.41) is -0.333. The Morgan fingerprint density at radius 2 is 2.08 bits per heavy atom. The van der Waals surface area contributed by atoms with Gasteiger partial charge in [-0.25, -0.2) is 0 Å². The standard InChI is InChI=1S/C8H9Cl3O/c1-8(2)4(3-5(9)10)6(8)7(11)12/h3,5-6H,1-2H3/b4-3-. The van der Waals surface area contributed by atoms with Crippen LogP contribution in [0.15, 0.2) is 11.6 Å². The van der Waals surface area contributed by atoms with Crippen LogP contribution in [0, 0.1) is 11.3 Å². The fourth-order valence-electron chi connectivity index (χ4n) is 1.43. The van der Waals surface area contributed by atoms with Crippen LogP contribution in [-0.2, 0) is 4.79 Å². The summed E-state index contributed by atoms with van der Waals surface area (Å²) in [6.45, 7) is 3.89. The van der Waals surface area contributed by atoms with E-state index in [2.05, 4.69) is 0 Å². The number of rotatable bonds is 2. The molecule has 0 saturated heterocycles. The molecule has 68 valence electrons. The van der Waals surface area contributed by atoms with Crippen LogP contribution in [0.3, 0.4) is 0 Å². The smallest absolute Gasteiger partial charge is 0.229 e. The summed E-state index contributed by atoms with van der Waals surface area (Å²) in [6.07, 6.45) is 1.67. The zero-order valence-electron chi connectivity index (χ0n) is 6.77. The highest BCUT2D eigenvalue weighted by molar-refractivity contribution is 6.65. The second-order valence-corrected chi connectivity index (χ2v) is 4.95. The van der Waals surface area contributed by atoms with Crippen LogP contribution in [0.1, 0.15) is 13.8 Å². The maximum Gasteiger partial charge on any atom is 0.229 e. The Labute approximate surface area is 86.7 Å². The molecule has 0 aromatic rings. The van der Waals surface area contributed by atoms with Gasteiger partial charge in [0, 0.05) is 5.41 Å². The highest BCUT2D eigenvalue weighted by Crippen LogP contribution is 2.59. The molecule has 1 nitrogen and oxygen atoms in total. The van der Waals surface area contributed by atoms with Crippen molar-refractivity contribution in [1.29, 1.82) is 0 Å². The van der Waals surface area contributed by atoms with Crippen LogP contribution in [0.4, 0.5) is 0 Å². The number of halogens is 3. The normalized spacial score (nSPS) is 29.5. The molecule has 0 aliphatic heterocycles. The molecule has 1 unspecified atom stereocenters. The second-order valence-electron chi connectivity index (χ2n) is 3.42. The third-order valence-electron chi connectivity index (χ3n) is 2.23. The minimum atomic E-state index is -0.555. The molecule has 0 amide bonds. The zero-order chi connectivity index (χ0) is 9.52. The largest absolute Gasteiger partial charge is 0.281 e. The van der Waals surface area contributed by atoms with Crippen LogP contribution in [-0.4, -0.2) is 10.1 Å². The average Bonchev–Trinajstić information content (AvgIpc) is 2.32. The van der Waals surface area contributed by atoms with Gasteiger partial charge in [-0.05, 0) is 11.6 Å². The van der Waals surface area contributed by atoms with E-state index in [-0.39, 0.29) is 16.6 Å². The maximum atomic E-state index is 10.9. The summed E-state index contributed by atoms with van der Waals surface area (Å²) >= 11 is 16.5. The van der Waals surface area contributed by atoms with E-state index in [0.717, 1.165) is 5.57 Å². The van der Waals surface area contributed by atoms with E-state index in [1.54, 1.807) is 6.08 Å². The summed E-state index contributed by atoms with van der Waals surface area (Å²) in [5.74, 6) is -0.195. The lowest BCUT2D eigenvalue weighted by molar-refractivity contribution is -0.113. The minimum absolute atomic E-state index is 0.152. The molecule has 1 rings (SSSR count). The predicted octanol–water partition coefficient (Wildman–Crippen LogP) is 3.14. The van der Waals surface area contributed by atoms with Crippen LogP contribution in [0.5, 0.6) is 0 Å². The van der Waals surface area contributed by atoms with E-state index in [1.807, 2.05) is 13.8 Å². The molecule has 0 aromatic heterocycles. The summed E-state index contributed by atoms with van der Waals surface area (Å²) < 4.78 is 0. The average molecular weight is 228 g/mol. The van der Waals surface area contributed by atoms with Crippen molar-refractivity contribution in [2.24, 2.45) is 11.3 Å². The van der Waals surface area contributed by atoms with Gasteiger partial charge in [-0.2, -0.15) is 0 Å². The van der Waals surface area contributed by atoms with Gasteiger partial charge in [0.25, 0.3) is 0 Å². The molecular formula is C8H9Cl3O. The first-order valence-corrected chi connectivity index (χ1v) is 4.82. The van der Waals surface area contributed by atoms with Crippen LogP contribution < -0.4 is 0 Å². The topological polar surface area (TPSA) is 17.1 Å². The van der Waals surface area contributed by atoms with Gasteiger partial charge in [0.15, 0.2) is 0 Å². The van der Waals surface area contributed by atoms with E-state index in [0.29, 0.717) is 0 Å².